The molecule has 0 radical (unpaired) electrons. The molecular weight excluding hydrogens is 673 g/mol. The molecule has 2 aliphatic rings. The zero-order valence-electron chi connectivity index (χ0n) is 26.7. The predicted molar refractivity (Wildman–Crippen MR) is 183 cm³/mol. The number of carbonyl (C=O) groups is 2. The molecule has 0 bridgehead atoms. The maximum Gasteiger partial charge on any atom is 0.407 e. The summed E-state index contributed by atoms with van der Waals surface area (Å²) in [5, 5.41) is 20.6. The summed E-state index contributed by atoms with van der Waals surface area (Å²) >= 11 is 1.23. The van der Waals surface area contributed by atoms with Crippen molar-refractivity contribution >= 4 is 54.5 Å². The molecule has 16 heteroatoms. The maximum absolute atomic E-state index is 14.2. The lowest BCUT2D eigenvalue weighted by Crippen LogP contribution is -2.51. The fourth-order valence-corrected chi connectivity index (χ4v) is 8.24. The van der Waals surface area contributed by atoms with Gasteiger partial charge in [-0.05, 0) is 48.7 Å². The van der Waals surface area contributed by atoms with Crippen LogP contribution in [0.4, 0.5) is 15.7 Å². The van der Waals surface area contributed by atoms with Crippen molar-refractivity contribution in [3.05, 3.63) is 78.5 Å². The van der Waals surface area contributed by atoms with E-state index in [9.17, 15) is 23.1 Å². The van der Waals surface area contributed by atoms with E-state index in [1.165, 1.54) is 34.7 Å². The fourth-order valence-electron chi connectivity index (χ4n) is 5.86. The van der Waals surface area contributed by atoms with Gasteiger partial charge in [0.2, 0.25) is 15.9 Å². The van der Waals surface area contributed by atoms with E-state index >= 15 is 0 Å². The van der Waals surface area contributed by atoms with Gasteiger partial charge >= 0.3 is 6.09 Å². The van der Waals surface area contributed by atoms with Crippen LogP contribution in [-0.4, -0.2) is 97.2 Å². The number of rotatable bonds is 14. The van der Waals surface area contributed by atoms with Crippen molar-refractivity contribution in [1.82, 2.24) is 19.6 Å². The number of hydrogen-bond acceptors (Lipinski definition) is 12. The number of anilines is 2. The zero-order valence-corrected chi connectivity index (χ0v) is 28.4. The first-order chi connectivity index (χ1) is 23.7. The smallest absolute Gasteiger partial charge is 0.407 e. The van der Waals surface area contributed by atoms with Crippen LogP contribution in [0.1, 0.15) is 18.9 Å². The number of aromatic nitrogens is 2. The van der Waals surface area contributed by atoms with Crippen LogP contribution in [0.2, 0.25) is 0 Å². The number of carbonyl (C=O) groups excluding carboxylic acids is 2. The molecule has 2 fully saturated rings. The van der Waals surface area contributed by atoms with Crippen LogP contribution in [0.3, 0.4) is 0 Å². The van der Waals surface area contributed by atoms with E-state index in [4.69, 9.17) is 14.2 Å². The van der Waals surface area contributed by atoms with Gasteiger partial charge in [-0.2, -0.15) is 4.31 Å². The number of sulfonamides is 1. The molecule has 0 spiro atoms. The molecule has 14 nitrogen and oxygen atoms in total. The minimum absolute atomic E-state index is 0.0345. The number of aliphatic hydroxyl groups excluding tert-OH is 1. The largest absolute Gasteiger partial charge is 0.443 e. The van der Waals surface area contributed by atoms with Crippen LogP contribution in [0.15, 0.2) is 77.8 Å². The molecule has 2 saturated heterocycles. The molecule has 6 rings (SSSR count). The van der Waals surface area contributed by atoms with Crippen molar-refractivity contribution in [1.29, 1.82) is 0 Å². The molecule has 0 saturated carbocycles. The minimum Gasteiger partial charge on any atom is -0.443 e. The topological polar surface area (TPSA) is 181 Å². The number of amides is 2. The average molecular weight is 711 g/mol. The normalized spacial score (nSPS) is 20.1. The van der Waals surface area contributed by atoms with Crippen LogP contribution in [0, 0.1) is 5.92 Å². The van der Waals surface area contributed by atoms with E-state index < -0.39 is 40.7 Å². The van der Waals surface area contributed by atoms with Gasteiger partial charge in [0.15, 0.2) is 11.4 Å². The second kappa shape index (κ2) is 15.6. The Kier molecular flexibility index (Phi) is 11.0. The Morgan fingerprint density at radius 3 is 2.71 bits per heavy atom. The van der Waals surface area contributed by atoms with Gasteiger partial charge in [0.05, 0.1) is 46.4 Å². The van der Waals surface area contributed by atoms with E-state index in [0.29, 0.717) is 34.2 Å². The van der Waals surface area contributed by atoms with Crippen molar-refractivity contribution in [2.45, 2.75) is 49.2 Å². The molecular formula is C33H38N6O8S2. The summed E-state index contributed by atoms with van der Waals surface area (Å²) in [5.74, 6) is 0.204. The lowest BCUT2D eigenvalue weighted by molar-refractivity contribution is -0.114. The number of ether oxygens (including phenoxy) is 3. The summed E-state index contributed by atoms with van der Waals surface area (Å²) in [6.45, 7) is 1.90. The molecule has 49 heavy (non-hydrogen) atoms. The molecule has 2 aromatic heterocycles. The SMILES string of the molecule is CC(=O)Nc1nc2cc(S(=O)(=O)N(CCNc3ccccn3)C[C@@H](O)[C@H](Cc3ccccc3)NC(=O)OC3COC4OCCC34)ccc2s1. The first-order valence-corrected chi connectivity index (χ1v) is 18.2. The van der Waals surface area contributed by atoms with Crippen LogP contribution in [0.5, 0.6) is 0 Å². The summed E-state index contributed by atoms with van der Waals surface area (Å²) in [5.41, 5.74) is 1.23. The number of nitrogens with one attached hydrogen (secondary N) is 3. The molecule has 2 aliphatic heterocycles. The van der Waals surface area contributed by atoms with E-state index in [-0.39, 0.29) is 49.4 Å². The van der Waals surface area contributed by atoms with E-state index in [1.807, 2.05) is 36.4 Å². The van der Waals surface area contributed by atoms with Crippen molar-refractivity contribution in [3.8, 4) is 0 Å². The Bertz CT molecular complexity index is 1850. The lowest BCUT2D eigenvalue weighted by Gasteiger charge is -2.30. The van der Waals surface area contributed by atoms with Crippen molar-refractivity contribution < 1.29 is 37.3 Å². The van der Waals surface area contributed by atoms with Crippen LogP contribution >= 0.6 is 11.3 Å². The van der Waals surface area contributed by atoms with Gasteiger partial charge < -0.3 is 35.3 Å². The third kappa shape index (κ3) is 8.70. The molecule has 2 amide bonds. The third-order valence-electron chi connectivity index (χ3n) is 8.31. The first-order valence-electron chi connectivity index (χ1n) is 15.9. The highest BCUT2D eigenvalue weighted by atomic mass is 32.2. The van der Waals surface area contributed by atoms with Crippen molar-refractivity contribution in [2.75, 3.05) is 43.5 Å². The number of fused-ring (bicyclic) bond motifs is 2. The maximum atomic E-state index is 14.2. The van der Waals surface area contributed by atoms with E-state index in [1.54, 1.807) is 24.4 Å². The molecule has 4 N–H and O–H groups in total. The third-order valence-corrected chi connectivity index (χ3v) is 11.1. The molecule has 3 unspecified atom stereocenters. The van der Waals surface area contributed by atoms with E-state index in [2.05, 4.69) is 25.9 Å². The number of aliphatic hydroxyl groups is 1. The molecule has 260 valence electrons. The van der Waals surface area contributed by atoms with Gasteiger partial charge in [0.25, 0.3) is 0 Å². The van der Waals surface area contributed by atoms with Crippen molar-refractivity contribution in [3.63, 3.8) is 0 Å². The van der Waals surface area contributed by atoms with Crippen LogP contribution in [0.25, 0.3) is 10.2 Å². The molecule has 0 aliphatic carbocycles. The summed E-state index contributed by atoms with van der Waals surface area (Å²) < 4.78 is 47.2. The fraction of sp³-hybridized carbons (Fsp3) is 0.394. The highest BCUT2D eigenvalue weighted by molar-refractivity contribution is 7.89. The number of benzene rings is 2. The molecule has 2 aromatic carbocycles. The summed E-state index contributed by atoms with van der Waals surface area (Å²) in [6, 6.07) is 18.3. The number of thiazole rings is 1. The number of hydrogen-bond donors (Lipinski definition) is 4. The summed E-state index contributed by atoms with van der Waals surface area (Å²) in [4.78, 5) is 33.3. The monoisotopic (exact) mass is 710 g/mol. The van der Waals surface area contributed by atoms with Gasteiger partial charge in [-0.15, -0.1) is 0 Å². The Morgan fingerprint density at radius 2 is 1.94 bits per heavy atom. The van der Waals surface area contributed by atoms with E-state index in [0.717, 1.165) is 5.56 Å². The standard InChI is InChI=1S/C33H38N6O8S2/c1-21(40)36-32-37-26-18-23(10-11-29(26)48-32)49(43,44)39(15-14-35-30-9-5-6-13-34-30)19-27(41)25(17-22-7-3-2-4-8-22)38-33(42)47-28-20-46-31-24(28)12-16-45-31/h2-11,13,18,24-25,27-28,31,41H,12,14-17,19-20H2,1H3,(H,34,35)(H,38,42)(H,36,37,40)/t24?,25-,27+,28?,31?/m0/s1. The second-order valence-corrected chi connectivity index (χ2v) is 14.8. The Balaban J connectivity index is 1.23. The average Bonchev–Trinajstić information content (AvgIpc) is 3.81. The predicted octanol–water partition coefficient (Wildman–Crippen LogP) is 3.21. The van der Waals surface area contributed by atoms with Gasteiger partial charge in [-0.1, -0.05) is 47.7 Å². The van der Waals surface area contributed by atoms with Gasteiger partial charge in [0.1, 0.15) is 11.9 Å². The zero-order chi connectivity index (χ0) is 34.4. The molecule has 4 aromatic rings. The van der Waals surface area contributed by atoms with Gasteiger partial charge in [0, 0.05) is 32.8 Å². The van der Waals surface area contributed by atoms with Crippen LogP contribution in [-0.2, 0) is 35.4 Å². The first kappa shape index (κ1) is 34.7. The summed E-state index contributed by atoms with van der Waals surface area (Å²) in [7, 11) is -4.20. The second-order valence-electron chi connectivity index (χ2n) is 11.8. The van der Waals surface area contributed by atoms with Crippen LogP contribution < -0.4 is 16.0 Å². The number of nitrogens with zero attached hydrogens (tertiary/aromatic N) is 3. The minimum atomic E-state index is -4.20. The quantitative estimate of drug-likeness (QED) is 0.151. The Labute approximate surface area is 287 Å². The van der Waals surface area contributed by atoms with Crippen molar-refractivity contribution in [2.24, 2.45) is 5.92 Å². The molecule has 4 heterocycles. The van der Waals surface area contributed by atoms with Gasteiger partial charge in [-0.25, -0.2) is 23.2 Å². The Hall–Kier alpha value is -4.19. The molecule has 5 atom stereocenters. The lowest BCUT2D eigenvalue weighted by atomic mass is 10.0. The Morgan fingerprint density at radius 1 is 1.12 bits per heavy atom. The highest BCUT2D eigenvalue weighted by Gasteiger charge is 2.44. The summed E-state index contributed by atoms with van der Waals surface area (Å²) in [6.07, 6.45) is -0.435. The highest BCUT2D eigenvalue weighted by Crippen LogP contribution is 2.33. The number of pyridine rings is 1. The van der Waals surface area contributed by atoms with Gasteiger partial charge in [-0.3, -0.25) is 4.79 Å². The number of alkyl carbamates (subject to hydrolysis) is 1.